The fraction of sp³-hybridized carbons (Fsp3) is 0.500. The highest BCUT2D eigenvalue weighted by molar-refractivity contribution is 5.74. The van der Waals surface area contributed by atoms with E-state index in [2.05, 4.69) is 10.1 Å². The minimum absolute atomic E-state index is 0.125. The zero-order chi connectivity index (χ0) is 16.2. The largest absolute Gasteiger partial charge is 0.497 e. The quantitative estimate of drug-likeness (QED) is 0.929. The maximum Gasteiger partial charge on any atom is 0.416 e. The van der Waals surface area contributed by atoms with Gasteiger partial charge in [-0.1, -0.05) is 12.1 Å². The van der Waals surface area contributed by atoms with Crippen molar-refractivity contribution in [3.05, 3.63) is 29.8 Å². The summed E-state index contributed by atoms with van der Waals surface area (Å²) in [4.78, 5) is 13.1. The molecular weight excluding hydrogens is 301 g/mol. The monoisotopic (exact) mass is 318 g/mol. The number of nitrogens with one attached hydrogen (secondary N) is 1. The van der Waals surface area contributed by atoms with Crippen molar-refractivity contribution in [3.8, 4) is 5.75 Å². The van der Waals surface area contributed by atoms with Gasteiger partial charge in [-0.2, -0.15) is 13.2 Å². The van der Waals surface area contributed by atoms with E-state index < -0.39 is 24.9 Å². The Bertz CT molecular complexity index is 505. The van der Waals surface area contributed by atoms with E-state index in [0.717, 1.165) is 10.5 Å². The zero-order valence-electron chi connectivity index (χ0n) is 12.0. The number of urea groups is 1. The van der Waals surface area contributed by atoms with Crippen molar-refractivity contribution in [2.75, 3.05) is 26.8 Å². The number of amides is 2. The molecule has 1 saturated heterocycles. The molecule has 1 aromatic rings. The van der Waals surface area contributed by atoms with Crippen LogP contribution in [0.1, 0.15) is 5.56 Å². The van der Waals surface area contributed by atoms with Crippen molar-refractivity contribution in [3.63, 3.8) is 0 Å². The first-order valence-corrected chi connectivity index (χ1v) is 6.74. The van der Waals surface area contributed by atoms with Gasteiger partial charge in [0.1, 0.15) is 5.75 Å². The van der Waals surface area contributed by atoms with Gasteiger partial charge in [0.25, 0.3) is 0 Å². The molecule has 0 radical (unpaired) electrons. The molecule has 1 N–H and O–H groups in total. The molecule has 1 aromatic carbocycles. The van der Waals surface area contributed by atoms with Crippen molar-refractivity contribution < 1.29 is 27.4 Å². The molecule has 1 fully saturated rings. The van der Waals surface area contributed by atoms with Gasteiger partial charge in [-0.05, 0) is 17.7 Å². The van der Waals surface area contributed by atoms with Crippen LogP contribution in [0.3, 0.4) is 0 Å². The number of benzene rings is 1. The summed E-state index contributed by atoms with van der Waals surface area (Å²) in [6, 6.07) is 6.51. The van der Waals surface area contributed by atoms with E-state index in [9.17, 15) is 18.0 Å². The van der Waals surface area contributed by atoms with Gasteiger partial charge in [-0.3, -0.25) is 0 Å². The number of morpholine rings is 1. The van der Waals surface area contributed by atoms with Crippen molar-refractivity contribution in [2.45, 2.75) is 18.8 Å². The Morgan fingerprint density at radius 2 is 2.09 bits per heavy atom. The standard InChI is InChI=1S/C14H17F3N2O3/c1-21-11-4-2-10(3-5-11)8-18-13(20)19-6-7-22-12(9-19)14(15,16)17/h2-5,12H,6-9H2,1H3,(H,18,20)/t12-/m0/s1. The summed E-state index contributed by atoms with van der Waals surface area (Å²) >= 11 is 0. The molecule has 1 heterocycles. The van der Waals surface area contributed by atoms with Gasteiger partial charge < -0.3 is 19.7 Å². The van der Waals surface area contributed by atoms with Crippen LogP contribution >= 0.6 is 0 Å². The van der Waals surface area contributed by atoms with E-state index in [4.69, 9.17) is 4.74 Å². The molecule has 0 aliphatic carbocycles. The fourth-order valence-electron chi connectivity index (χ4n) is 2.06. The summed E-state index contributed by atoms with van der Waals surface area (Å²) in [5.74, 6) is 0.691. The number of alkyl halides is 3. The number of carbonyl (C=O) groups excluding carboxylic acids is 1. The number of rotatable bonds is 3. The molecular formula is C14H17F3N2O3. The summed E-state index contributed by atoms with van der Waals surface area (Å²) in [6.45, 7) is -0.240. The Balaban J connectivity index is 1.86. The van der Waals surface area contributed by atoms with Gasteiger partial charge in [-0.15, -0.1) is 0 Å². The van der Waals surface area contributed by atoms with E-state index in [1.165, 1.54) is 0 Å². The first kappa shape index (κ1) is 16.4. The van der Waals surface area contributed by atoms with E-state index >= 15 is 0 Å². The lowest BCUT2D eigenvalue weighted by molar-refractivity contribution is -0.233. The van der Waals surface area contributed by atoms with Gasteiger partial charge in [0.2, 0.25) is 0 Å². The van der Waals surface area contributed by atoms with Gasteiger partial charge in [0, 0.05) is 13.1 Å². The fourth-order valence-corrected chi connectivity index (χ4v) is 2.06. The summed E-state index contributed by atoms with van der Waals surface area (Å²) in [5, 5.41) is 2.60. The smallest absolute Gasteiger partial charge is 0.416 e. The number of hydrogen-bond donors (Lipinski definition) is 1. The lowest BCUT2D eigenvalue weighted by Crippen LogP contribution is -2.53. The highest BCUT2D eigenvalue weighted by atomic mass is 19.4. The Kier molecular flexibility index (Phi) is 5.12. The second-order valence-corrected chi connectivity index (χ2v) is 4.85. The molecule has 0 spiro atoms. The molecule has 5 nitrogen and oxygen atoms in total. The maximum absolute atomic E-state index is 12.6. The molecule has 0 bridgehead atoms. The van der Waals surface area contributed by atoms with Crippen LogP contribution in [0.15, 0.2) is 24.3 Å². The number of ether oxygens (including phenoxy) is 2. The van der Waals surface area contributed by atoms with E-state index in [0.29, 0.717) is 5.75 Å². The van der Waals surface area contributed by atoms with Crippen LogP contribution < -0.4 is 10.1 Å². The van der Waals surface area contributed by atoms with Crippen LogP contribution in [0, 0.1) is 0 Å². The van der Waals surface area contributed by atoms with Crippen LogP contribution in [0.4, 0.5) is 18.0 Å². The predicted molar refractivity (Wildman–Crippen MR) is 72.6 cm³/mol. The van der Waals surface area contributed by atoms with Crippen LogP contribution in [0.5, 0.6) is 5.75 Å². The molecule has 2 amide bonds. The molecule has 1 aliphatic heterocycles. The first-order valence-electron chi connectivity index (χ1n) is 6.74. The van der Waals surface area contributed by atoms with Crippen molar-refractivity contribution in [1.29, 1.82) is 0 Å². The third-order valence-electron chi connectivity index (χ3n) is 3.32. The summed E-state index contributed by atoms with van der Waals surface area (Å²) < 4.78 is 47.5. The third-order valence-corrected chi connectivity index (χ3v) is 3.32. The molecule has 0 saturated carbocycles. The van der Waals surface area contributed by atoms with Crippen molar-refractivity contribution in [1.82, 2.24) is 10.2 Å². The van der Waals surface area contributed by atoms with Crippen LogP contribution in [0.25, 0.3) is 0 Å². The minimum atomic E-state index is -4.46. The van der Waals surface area contributed by atoms with Crippen molar-refractivity contribution >= 4 is 6.03 Å². The summed E-state index contributed by atoms with van der Waals surface area (Å²) in [5.41, 5.74) is 0.829. The van der Waals surface area contributed by atoms with Crippen LogP contribution in [-0.4, -0.2) is 50.0 Å². The van der Waals surface area contributed by atoms with Gasteiger partial charge in [0.15, 0.2) is 6.10 Å². The molecule has 0 aromatic heterocycles. The van der Waals surface area contributed by atoms with E-state index in [1.54, 1.807) is 31.4 Å². The average Bonchev–Trinajstić information content (AvgIpc) is 2.52. The zero-order valence-corrected chi connectivity index (χ0v) is 12.0. The summed E-state index contributed by atoms with van der Waals surface area (Å²) in [6.07, 6.45) is -6.39. The van der Waals surface area contributed by atoms with Crippen molar-refractivity contribution in [2.24, 2.45) is 0 Å². The summed E-state index contributed by atoms with van der Waals surface area (Å²) in [7, 11) is 1.55. The van der Waals surface area contributed by atoms with Gasteiger partial charge >= 0.3 is 12.2 Å². The number of halogens is 3. The van der Waals surface area contributed by atoms with Gasteiger partial charge in [-0.25, -0.2) is 4.79 Å². The lowest BCUT2D eigenvalue weighted by Gasteiger charge is -2.33. The highest BCUT2D eigenvalue weighted by Crippen LogP contribution is 2.25. The normalized spacial score (nSPS) is 18.9. The molecule has 122 valence electrons. The second kappa shape index (κ2) is 6.87. The Labute approximate surface area is 126 Å². The molecule has 8 heteroatoms. The maximum atomic E-state index is 12.6. The SMILES string of the molecule is COc1ccc(CNC(=O)N2CCO[C@H](C(F)(F)F)C2)cc1. The predicted octanol–water partition coefficient (Wildman–Crippen LogP) is 2.17. The first-order chi connectivity index (χ1) is 10.4. The van der Waals surface area contributed by atoms with Crippen LogP contribution in [0.2, 0.25) is 0 Å². The highest BCUT2D eigenvalue weighted by Gasteiger charge is 2.44. The number of methoxy groups -OCH3 is 1. The number of nitrogens with zero attached hydrogens (tertiary/aromatic N) is 1. The topological polar surface area (TPSA) is 50.8 Å². The molecule has 1 atom stereocenters. The molecule has 2 rings (SSSR count). The number of carbonyl (C=O) groups is 1. The van der Waals surface area contributed by atoms with E-state index in [-0.39, 0.29) is 19.7 Å². The Hall–Kier alpha value is -1.96. The lowest BCUT2D eigenvalue weighted by atomic mass is 10.2. The van der Waals surface area contributed by atoms with E-state index in [1.807, 2.05) is 0 Å². The second-order valence-electron chi connectivity index (χ2n) is 4.85. The number of hydrogen-bond acceptors (Lipinski definition) is 3. The Morgan fingerprint density at radius 3 is 2.68 bits per heavy atom. The van der Waals surface area contributed by atoms with Crippen LogP contribution in [-0.2, 0) is 11.3 Å². The Morgan fingerprint density at radius 1 is 1.41 bits per heavy atom. The third kappa shape index (κ3) is 4.27. The molecule has 0 unspecified atom stereocenters. The molecule has 22 heavy (non-hydrogen) atoms. The molecule has 1 aliphatic rings. The minimum Gasteiger partial charge on any atom is -0.497 e. The average molecular weight is 318 g/mol. The van der Waals surface area contributed by atoms with Gasteiger partial charge in [0.05, 0.1) is 20.3 Å².